The molecule has 2 aromatic heterocycles. The maximum absolute atomic E-state index is 11.3. The summed E-state index contributed by atoms with van der Waals surface area (Å²) in [5.74, 6) is 0. The Labute approximate surface area is 127 Å². The number of aromatic nitrogens is 4. The van der Waals surface area contributed by atoms with Crippen LogP contribution in [-0.2, 0) is 0 Å². The van der Waals surface area contributed by atoms with Crippen LogP contribution in [0.25, 0.3) is 16.7 Å². The van der Waals surface area contributed by atoms with Crippen LogP contribution < -0.4 is 11.1 Å². The number of hydrogen-bond donors (Lipinski definition) is 2. The fourth-order valence-electron chi connectivity index (χ4n) is 1.90. The van der Waals surface area contributed by atoms with Gasteiger partial charge in [-0.25, -0.2) is 4.98 Å². The number of H-pyrrole nitrogens is 2. The number of hydrogen-bond acceptors (Lipinski definition) is 5. The molecule has 0 spiro atoms. The summed E-state index contributed by atoms with van der Waals surface area (Å²) in [5.41, 5.74) is -1.17. The molecule has 10 nitrogen and oxygen atoms in total. The molecule has 0 unspecified atom stereocenters. The Morgan fingerprint density at radius 1 is 1.14 bits per heavy atom. The molecule has 4 N–H and O–H groups in total. The first-order valence-electron chi connectivity index (χ1n) is 5.49. The summed E-state index contributed by atoms with van der Waals surface area (Å²) in [4.78, 5) is 41.6. The number of nitro groups is 1. The maximum Gasteiger partial charge on any atom is 0.314 e. The van der Waals surface area contributed by atoms with Crippen LogP contribution in [0.3, 0.4) is 0 Å². The smallest absolute Gasteiger partial charge is 0.314 e. The van der Waals surface area contributed by atoms with Crippen LogP contribution in [-0.4, -0.2) is 29.9 Å². The summed E-state index contributed by atoms with van der Waals surface area (Å²) >= 11 is 0. The second kappa shape index (κ2) is 6.20. The number of rotatable bonds is 2. The van der Waals surface area contributed by atoms with Crippen molar-refractivity contribution in [2.45, 2.75) is 0 Å². The molecule has 11 heteroatoms. The van der Waals surface area contributed by atoms with Crippen LogP contribution in [0.4, 0.5) is 5.69 Å². The summed E-state index contributed by atoms with van der Waals surface area (Å²) in [5, 5.41) is 11.1. The van der Waals surface area contributed by atoms with Gasteiger partial charge < -0.3 is 20.0 Å². The molecule has 0 aliphatic carbocycles. The number of imidazole rings is 1. The van der Waals surface area contributed by atoms with E-state index in [9.17, 15) is 19.7 Å². The van der Waals surface area contributed by atoms with Gasteiger partial charge in [-0.1, -0.05) is 0 Å². The third-order valence-electron chi connectivity index (χ3n) is 2.80. The monoisotopic (exact) mass is 327 g/mol. The van der Waals surface area contributed by atoms with Crippen LogP contribution in [0.2, 0.25) is 0 Å². The Balaban J connectivity index is 0.00000121. The van der Waals surface area contributed by atoms with E-state index in [4.69, 9.17) is 0 Å². The molecule has 1 aromatic carbocycles. The fourth-order valence-corrected chi connectivity index (χ4v) is 1.90. The van der Waals surface area contributed by atoms with Gasteiger partial charge in [-0.2, -0.15) is 0 Å². The molecule has 0 bridgehead atoms. The van der Waals surface area contributed by atoms with Gasteiger partial charge in [0.25, 0.3) is 5.69 Å². The standard InChI is InChI=1S/C11H7N5O4.ClH.H2O/c17-10-11(18)14-7-4-9(16(19)20)8(3-6(7)13-10)15-2-1-12-5-15;;/h1-5H,(H,13,17)(H,14,18);1H;1H2. The van der Waals surface area contributed by atoms with Gasteiger partial charge in [0.2, 0.25) is 0 Å². The Bertz CT molecular complexity index is 930. The van der Waals surface area contributed by atoms with Crippen molar-refractivity contribution in [1.82, 2.24) is 19.5 Å². The average Bonchev–Trinajstić information content (AvgIpc) is 2.92. The number of nitro benzene ring substituents is 1. The number of fused-ring (bicyclic) bond motifs is 1. The van der Waals surface area contributed by atoms with Crippen molar-refractivity contribution in [3.8, 4) is 5.69 Å². The van der Waals surface area contributed by atoms with E-state index in [1.54, 1.807) is 0 Å². The number of nitrogens with one attached hydrogen (secondary N) is 2. The van der Waals surface area contributed by atoms with Gasteiger partial charge in [0.1, 0.15) is 5.69 Å². The SMILES string of the molecule is Cl.O.O=c1[nH]c2cc(-n3ccnc3)c([N+](=O)[O-])cc2[nH]c1=O. The van der Waals surface area contributed by atoms with Crippen LogP contribution in [0.5, 0.6) is 0 Å². The maximum atomic E-state index is 11.3. The minimum Gasteiger partial charge on any atom is -0.412 e. The molecule has 0 saturated carbocycles. The molecule has 0 atom stereocenters. The van der Waals surface area contributed by atoms with Crippen LogP contribution >= 0.6 is 12.4 Å². The lowest BCUT2D eigenvalue weighted by molar-refractivity contribution is -0.384. The van der Waals surface area contributed by atoms with Crippen LogP contribution in [0.15, 0.2) is 40.4 Å². The topological polar surface area (TPSA) is 158 Å². The molecule has 116 valence electrons. The van der Waals surface area contributed by atoms with E-state index in [-0.39, 0.29) is 34.8 Å². The van der Waals surface area contributed by atoms with E-state index in [2.05, 4.69) is 15.0 Å². The van der Waals surface area contributed by atoms with Crippen molar-refractivity contribution in [2.24, 2.45) is 0 Å². The lowest BCUT2D eigenvalue weighted by Crippen LogP contribution is -2.29. The molecule has 0 saturated heterocycles. The first-order chi connectivity index (χ1) is 9.56. The van der Waals surface area contributed by atoms with E-state index in [1.807, 2.05) is 0 Å². The largest absolute Gasteiger partial charge is 0.412 e. The van der Waals surface area contributed by atoms with E-state index >= 15 is 0 Å². The molecule has 2 heterocycles. The molecule has 3 rings (SSSR count). The predicted molar refractivity (Wildman–Crippen MR) is 79.8 cm³/mol. The minimum absolute atomic E-state index is 0. The van der Waals surface area contributed by atoms with E-state index in [0.717, 1.165) is 0 Å². The highest BCUT2D eigenvalue weighted by Gasteiger charge is 2.17. The van der Waals surface area contributed by atoms with Crippen molar-refractivity contribution in [1.29, 1.82) is 0 Å². The van der Waals surface area contributed by atoms with Gasteiger partial charge in [-0.3, -0.25) is 19.7 Å². The summed E-state index contributed by atoms with van der Waals surface area (Å²) in [6, 6.07) is 2.61. The van der Waals surface area contributed by atoms with Crippen molar-refractivity contribution in [3.05, 3.63) is 61.7 Å². The van der Waals surface area contributed by atoms with Crippen molar-refractivity contribution < 1.29 is 10.4 Å². The second-order valence-electron chi connectivity index (χ2n) is 4.02. The summed E-state index contributed by atoms with van der Waals surface area (Å²) in [6.45, 7) is 0. The molecule has 0 aliphatic heterocycles. The normalized spacial score (nSPS) is 9.82. The Morgan fingerprint density at radius 3 is 2.23 bits per heavy atom. The Kier molecular flexibility index (Phi) is 4.81. The Hall–Kier alpha value is -2.98. The van der Waals surface area contributed by atoms with E-state index in [0.29, 0.717) is 5.52 Å². The lowest BCUT2D eigenvalue weighted by Gasteiger charge is -2.05. The molecular weight excluding hydrogens is 318 g/mol. The minimum atomic E-state index is -0.859. The number of halogens is 1. The van der Waals surface area contributed by atoms with Gasteiger partial charge in [0, 0.05) is 18.5 Å². The first kappa shape index (κ1) is 17.1. The van der Waals surface area contributed by atoms with E-state index < -0.39 is 16.0 Å². The molecule has 0 radical (unpaired) electrons. The average molecular weight is 328 g/mol. The van der Waals surface area contributed by atoms with Gasteiger partial charge in [-0.15, -0.1) is 12.4 Å². The molecule has 3 aromatic rings. The molecule has 0 aliphatic rings. The van der Waals surface area contributed by atoms with Gasteiger partial charge in [0.05, 0.1) is 22.3 Å². The molecule has 0 fully saturated rings. The lowest BCUT2D eigenvalue weighted by atomic mass is 10.2. The van der Waals surface area contributed by atoms with Crippen LogP contribution in [0.1, 0.15) is 0 Å². The third kappa shape index (κ3) is 2.73. The van der Waals surface area contributed by atoms with Crippen molar-refractivity contribution in [3.63, 3.8) is 0 Å². The zero-order chi connectivity index (χ0) is 14.3. The summed E-state index contributed by atoms with van der Waals surface area (Å²) in [7, 11) is 0. The van der Waals surface area contributed by atoms with Crippen molar-refractivity contribution in [2.75, 3.05) is 0 Å². The molecule has 0 amide bonds. The summed E-state index contributed by atoms with van der Waals surface area (Å²) in [6.07, 6.45) is 4.42. The number of benzene rings is 1. The number of nitrogens with zero attached hydrogens (tertiary/aromatic N) is 3. The quantitative estimate of drug-likeness (QED) is 0.381. The summed E-state index contributed by atoms with van der Waals surface area (Å²) < 4.78 is 1.45. The highest BCUT2D eigenvalue weighted by atomic mass is 35.5. The van der Waals surface area contributed by atoms with Gasteiger partial charge >= 0.3 is 11.1 Å². The van der Waals surface area contributed by atoms with Crippen LogP contribution in [0, 0.1) is 10.1 Å². The first-order valence-corrected chi connectivity index (χ1v) is 5.49. The Morgan fingerprint density at radius 2 is 1.73 bits per heavy atom. The van der Waals surface area contributed by atoms with E-state index in [1.165, 1.54) is 35.4 Å². The third-order valence-corrected chi connectivity index (χ3v) is 2.80. The van der Waals surface area contributed by atoms with Crippen molar-refractivity contribution >= 4 is 29.1 Å². The molecular formula is C11H10ClN5O5. The van der Waals surface area contributed by atoms with Gasteiger partial charge in [0.15, 0.2) is 0 Å². The number of aromatic amines is 2. The highest BCUT2D eigenvalue weighted by molar-refractivity contribution is 5.85. The highest BCUT2D eigenvalue weighted by Crippen LogP contribution is 2.26. The van der Waals surface area contributed by atoms with Gasteiger partial charge in [-0.05, 0) is 6.07 Å². The zero-order valence-electron chi connectivity index (χ0n) is 10.8. The predicted octanol–water partition coefficient (Wildman–Crippen LogP) is -0.0926. The fraction of sp³-hybridized carbons (Fsp3) is 0. The molecule has 22 heavy (non-hydrogen) atoms. The second-order valence-corrected chi connectivity index (χ2v) is 4.02. The zero-order valence-corrected chi connectivity index (χ0v) is 11.6.